The van der Waals surface area contributed by atoms with Crippen LogP contribution in [0.2, 0.25) is 5.02 Å². The smallest absolute Gasteiger partial charge is 0.365 e. The van der Waals surface area contributed by atoms with E-state index in [4.69, 9.17) is 25.9 Å². The quantitative estimate of drug-likeness (QED) is 0.613. The predicted molar refractivity (Wildman–Crippen MR) is 79.7 cm³/mol. The molecule has 0 atom stereocenters. The van der Waals surface area contributed by atoms with Gasteiger partial charge in [-0.05, 0) is 31.5 Å². The number of nitrogens with zero attached hydrogens (tertiary/aromatic N) is 1. The van der Waals surface area contributed by atoms with Crippen molar-refractivity contribution in [2.45, 2.75) is 25.9 Å². The number of carbonyl (C=O) groups is 2. The lowest BCUT2D eigenvalue weighted by atomic mass is 9.94. The van der Waals surface area contributed by atoms with Gasteiger partial charge in [0, 0.05) is 5.02 Å². The van der Waals surface area contributed by atoms with Gasteiger partial charge in [0.25, 0.3) is 0 Å². The van der Waals surface area contributed by atoms with Crippen molar-refractivity contribution in [3.05, 3.63) is 34.9 Å². The molecule has 1 aromatic rings. The van der Waals surface area contributed by atoms with E-state index in [9.17, 15) is 9.59 Å². The summed E-state index contributed by atoms with van der Waals surface area (Å²) < 4.78 is 9.88. The molecule has 0 aromatic heterocycles. The number of rotatable bonds is 5. The van der Waals surface area contributed by atoms with E-state index in [0.717, 1.165) is 0 Å². The van der Waals surface area contributed by atoms with E-state index >= 15 is 0 Å². The molecule has 1 aliphatic heterocycles. The third-order valence-electron chi connectivity index (χ3n) is 3.12. The minimum atomic E-state index is -1.87. The number of carbonyl (C=O) groups excluding carboxylic acids is 2. The maximum atomic E-state index is 12.2. The van der Waals surface area contributed by atoms with Crippen LogP contribution in [-0.4, -0.2) is 36.5 Å². The van der Waals surface area contributed by atoms with Crippen molar-refractivity contribution in [2.75, 3.05) is 13.2 Å². The Morgan fingerprint density at radius 2 is 1.73 bits per heavy atom. The average molecular weight is 326 g/mol. The van der Waals surface area contributed by atoms with Crippen LogP contribution in [0.5, 0.6) is 0 Å². The standard InChI is InChI=1S/C15H16ClNO5/c1-3-20-13(18)15(14(19)21-4-2)9-12(17-22-15)10-5-7-11(16)8-6-10/h5-8H,3-4,9H2,1-2H3. The first-order valence-electron chi connectivity index (χ1n) is 6.89. The number of esters is 2. The number of oxime groups is 1. The molecule has 1 aliphatic rings. The molecule has 0 spiro atoms. The van der Waals surface area contributed by atoms with Crippen LogP contribution >= 0.6 is 11.6 Å². The molecule has 0 bridgehead atoms. The van der Waals surface area contributed by atoms with E-state index in [1.807, 2.05) is 0 Å². The molecule has 0 aliphatic carbocycles. The molecule has 6 nitrogen and oxygen atoms in total. The number of halogens is 1. The van der Waals surface area contributed by atoms with Gasteiger partial charge in [-0.2, -0.15) is 0 Å². The Kier molecular flexibility index (Phi) is 5.03. The molecule has 1 heterocycles. The molecule has 0 radical (unpaired) electrons. The predicted octanol–water partition coefficient (Wildman–Crippen LogP) is 2.33. The van der Waals surface area contributed by atoms with Gasteiger partial charge in [-0.15, -0.1) is 0 Å². The van der Waals surface area contributed by atoms with Gasteiger partial charge in [-0.3, -0.25) is 0 Å². The summed E-state index contributed by atoms with van der Waals surface area (Å²) in [6.45, 7) is 3.54. The maximum absolute atomic E-state index is 12.2. The van der Waals surface area contributed by atoms with Gasteiger partial charge in [0.2, 0.25) is 0 Å². The van der Waals surface area contributed by atoms with Crippen molar-refractivity contribution < 1.29 is 23.9 Å². The molecule has 1 aromatic carbocycles. The van der Waals surface area contributed by atoms with Crippen molar-refractivity contribution in [3.8, 4) is 0 Å². The summed E-state index contributed by atoms with van der Waals surface area (Å²) in [5.41, 5.74) is -0.710. The molecule has 22 heavy (non-hydrogen) atoms. The van der Waals surface area contributed by atoms with Gasteiger partial charge in [0.1, 0.15) is 0 Å². The van der Waals surface area contributed by atoms with Gasteiger partial charge in [0.15, 0.2) is 0 Å². The lowest BCUT2D eigenvalue weighted by molar-refractivity contribution is -0.187. The molecular formula is C15H16ClNO5. The Morgan fingerprint density at radius 1 is 1.18 bits per heavy atom. The minimum absolute atomic E-state index is 0.0493. The first-order valence-corrected chi connectivity index (χ1v) is 7.26. The Balaban J connectivity index is 2.26. The summed E-state index contributed by atoms with van der Waals surface area (Å²) in [5.74, 6) is -1.61. The average Bonchev–Trinajstić information content (AvgIpc) is 2.95. The molecule has 0 saturated carbocycles. The van der Waals surface area contributed by atoms with E-state index in [-0.39, 0.29) is 19.6 Å². The zero-order valence-corrected chi connectivity index (χ0v) is 13.1. The van der Waals surface area contributed by atoms with Gasteiger partial charge in [-0.25, -0.2) is 9.59 Å². The van der Waals surface area contributed by atoms with Crippen molar-refractivity contribution >= 4 is 29.3 Å². The third-order valence-corrected chi connectivity index (χ3v) is 3.37. The van der Waals surface area contributed by atoms with Gasteiger partial charge in [-0.1, -0.05) is 28.9 Å². The van der Waals surface area contributed by atoms with Crippen LogP contribution < -0.4 is 0 Å². The SMILES string of the molecule is CCOC(=O)C1(C(=O)OCC)CC(c2ccc(Cl)cc2)=NO1. The van der Waals surface area contributed by atoms with E-state index in [1.54, 1.807) is 38.1 Å². The molecule has 0 amide bonds. The second-order valence-corrected chi connectivity index (χ2v) is 5.02. The Bertz CT molecular complexity index is 578. The molecule has 0 saturated heterocycles. The van der Waals surface area contributed by atoms with Crippen LogP contribution in [0.25, 0.3) is 0 Å². The number of hydrogen-bond donors (Lipinski definition) is 0. The van der Waals surface area contributed by atoms with Crippen LogP contribution in [0.3, 0.4) is 0 Å². The summed E-state index contributed by atoms with van der Waals surface area (Å²) >= 11 is 5.84. The number of benzene rings is 1. The molecule has 2 rings (SSSR count). The van der Waals surface area contributed by atoms with E-state index in [2.05, 4.69) is 5.16 Å². The van der Waals surface area contributed by atoms with Crippen molar-refractivity contribution in [3.63, 3.8) is 0 Å². The van der Waals surface area contributed by atoms with Crippen LogP contribution in [0.15, 0.2) is 29.4 Å². The molecule has 118 valence electrons. The van der Waals surface area contributed by atoms with Gasteiger partial charge < -0.3 is 14.3 Å². The first kappa shape index (κ1) is 16.3. The summed E-state index contributed by atoms with van der Waals surface area (Å²) in [4.78, 5) is 29.5. The van der Waals surface area contributed by atoms with Gasteiger partial charge in [0.05, 0.1) is 25.3 Å². The molecule has 0 N–H and O–H groups in total. The fourth-order valence-corrected chi connectivity index (χ4v) is 2.15. The van der Waals surface area contributed by atoms with E-state index in [0.29, 0.717) is 16.3 Å². The highest BCUT2D eigenvalue weighted by atomic mass is 35.5. The summed E-state index contributed by atoms with van der Waals surface area (Å²) in [6.07, 6.45) is -0.0493. The van der Waals surface area contributed by atoms with Crippen molar-refractivity contribution in [2.24, 2.45) is 5.16 Å². The number of ether oxygens (including phenoxy) is 2. The zero-order valence-electron chi connectivity index (χ0n) is 12.3. The molecular weight excluding hydrogens is 310 g/mol. The molecule has 7 heteroatoms. The first-order chi connectivity index (χ1) is 10.5. The van der Waals surface area contributed by atoms with Crippen LogP contribution in [0.1, 0.15) is 25.8 Å². The molecule has 0 unspecified atom stereocenters. The van der Waals surface area contributed by atoms with Crippen LogP contribution in [0.4, 0.5) is 0 Å². The highest BCUT2D eigenvalue weighted by molar-refractivity contribution is 6.30. The third kappa shape index (κ3) is 3.06. The fraction of sp³-hybridized carbons (Fsp3) is 0.400. The van der Waals surface area contributed by atoms with Crippen LogP contribution in [0, 0.1) is 0 Å². The van der Waals surface area contributed by atoms with E-state index in [1.165, 1.54) is 0 Å². The largest absolute Gasteiger partial charge is 0.462 e. The van der Waals surface area contributed by atoms with Crippen molar-refractivity contribution in [1.82, 2.24) is 0 Å². The zero-order chi connectivity index (χ0) is 16.2. The number of hydrogen-bond acceptors (Lipinski definition) is 6. The second-order valence-electron chi connectivity index (χ2n) is 4.58. The fourth-order valence-electron chi connectivity index (χ4n) is 2.03. The van der Waals surface area contributed by atoms with Crippen LogP contribution in [-0.2, 0) is 23.9 Å². The Morgan fingerprint density at radius 3 is 2.23 bits per heavy atom. The highest BCUT2D eigenvalue weighted by Gasteiger charge is 2.56. The monoisotopic (exact) mass is 325 g/mol. The van der Waals surface area contributed by atoms with E-state index < -0.39 is 17.5 Å². The van der Waals surface area contributed by atoms with Gasteiger partial charge >= 0.3 is 17.5 Å². The lowest BCUT2D eigenvalue weighted by Crippen LogP contribution is -2.49. The Labute approximate surface area is 133 Å². The minimum Gasteiger partial charge on any atom is -0.462 e. The second kappa shape index (κ2) is 6.79. The Hall–Kier alpha value is -2.08. The summed E-state index contributed by atoms with van der Waals surface area (Å²) in [6, 6.07) is 6.84. The topological polar surface area (TPSA) is 74.2 Å². The normalized spacial score (nSPS) is 15.7. The summed E-state index contributed by atoms with van der Waals surface area (Å²) in [5, 5.41) is 4.44. The lowest BCUT2D eigenvalue weighted by Gasteiger charge is -2.21. The van der Waals surface area contributed by atoms with Crippen molar-refractivity contribution in [1.29, 1.82) is 0 Å². The maximum Gasteiger partial charge on any atom is 0.365 e. The summed E-state index contributed by atoms with van der Waals surface area (Å²) in [7, 11) is 0. The highest BCUT2D eigenvalue weighted by Crippen LogP contribution is 2.30. The molecule has 0 fully saturated rings.